The van der Waals surface area contributed by atoms with Crippen LogP contribution in [0.4, 0.5) is 13.2 Å². The van der Waals surface area contributed by atoms with Gasteiger partial charge in [-0.05, 0) is 56.4 Å². The van der Waals surface area contributed by atoms with Crippen LogP contribution in [0.3, 0.4) is 0 Å². The number of hydrogen-bond donors (Lipinski definition) is 1. The third kappa shape index (κ3) is 8.73. The number of rotatable bonds is 16. The van der Waals surface area contributed by atoms with Crippen molar-refractivity contribution in [3.8, 4) is 17.1 Å². The first-order chi connectivity index (χ1) is 18.3. The van der Waals surface area contributed by atoms with Gasteiger partial charge in [0.15, 0.2) is 0 Å². The minimum atomic E-state index is -4.39. The van der Waals surface area contributed by atoms with Gasteiger partial charge in [0, 0.05) is 58.6 Å². The zero-order valence-electron chi connectivity index (χ0n) is 22.0. The Morgan fingerprint density at radius 2 is 1.66 bits per heavy atom. The fourth-order valence-electron chi connectivity index (χ4n) is 4.10. The molecule has 38 heavy (non-hydrogen) atoms. The minimum Gasteiger partial charge on any atom is -0.494 e. The van der Waals surface area contributed by atoms with Gasteiger partial charge in [-0.15, -0.1) is 0 Å². The summed E-state index contributed by atoms with van der Waals surface area (Å²) < 4.78 is 57.2. The van der Waals surface area contributed by atoms with Crippen molar-refractivity contribution in [1.82, 2.24) is 14.9 Å². The zero-order chi connectivity index (χ0) is 27.4. The average Bonchev–Trinajstić information content (AvgIpc) is 3.26. The largest absolute Gasteiger partial charge is 0.494 e. The van der Waals surface area contributed by atoms with E-state index >= 15 is 0 Å². The number of carbonyl (C=O) groups excluding carboxylic acids is 1. The number of benzene rings is 2. The molecular formula is C28H36F3N3O4. The van der Waals surface area contributed by atoms with Crippen molar-refractivity contribution >= 4 is 16.9 Å². The van der Waals surface area contributed by atoms with Crippen LogP contribution in [0.15, 0.2) is 42.5 Å². The van der Waals surface area contributed by atoms with E-state index < -0.39 is 11.7 Å². The number of halogens is 3. The van der Waals surface area contributed by atoms with Crippen LogP contribution >= 0.6 is 0 Å². The maximum absolute atomic E-state index is 13.0. The number of methoxy groups -OCH3 is 2. The molecule has 0 radical (unpaired) electrons. The lowest BCUT2D eigenvalue weighted by Crippen LogP contribution is -2.24. The van der Waals surface area contributed by atoms with Gasteiger partial charge in [0.25, 0.3) is 0 Å². The summed E-state index contributed by atoms with van der Waals surface area (Å²) >= 11 is 0. The average molecular weight is 536 g/mol. The second-order valence-corrected chi connectivity index (χ2v) is 9.01. The normalized spacial score (nSPS) is 11.7. The Morgan fingerprint density at radius 1 is 0.921 bits per heavy atom. The molecule has 3 aromatic rings. The summed E-state index contributed by atoms with van der Waals surface area (Å²) in [7, 11) is 3.27. The van der Waals surface area contributed by atoms with Gasteiger partial charge < -0.3 is 24.1 Å². The molecule has 0 atom stereocenters. The molecule has 0 saturated heterocycles. The van der Waals surface area contributed by atoms with E-state index in [2.05, 4.69) is 5.32 Å². The Labute approximate surface area is 221 Å². The molecule has 1 amide bonds. The van der Waals surface area contributed by atoms with E-state index in [4.69, 9.17) is 19.2 Å². The van der Waals surface area contributed by atoms with Crippen LogP contribution in [0.2, 0.25) is 0 Å². The topological polar surface area (TPSA) is 74.6 Å². The summed E-state index contributed by atoms with van der Waals surface area (Å²) in [6.07, 6.45) is 0.116. The molecule has 0 spiro atoms. The lowest BCUT2D eigenvalue weighted by atomic mass is 10.1. The molecule has 1 N–H and O–H groups in total. The number of aromatic nitrogens is 2. The highest BCUT2D eigenvalue weighted by molar-refractivity contribution is 5.82. The highest BCUT2D eigenvalue weighted by atomic mass is 19.4. The molecule has 208 valence electrons. The summed E-state index contributed by atoms with van der Waals surface area (Å²) in [4.78, 5) is 16.5. The Morgan fingerprint density at radius 3 is 2.37 bits per heavy atom. The standard InChI is InChI=1S/C28H36F3N3O4/c1-36-17-6-15-32-26(35)8-4-3-5-19-38-23-13-14-24-25(20-23)34(16-7-18-37-2)27(33-24)21-9-11-22(12-10-21)28(29,30)31/h9-14,20H,3-8,15-19H2,1-2H3,(H,32,35). The fraction of sp³-hybridized carbons (Fsp3) is 0.500. The number of nitrogens with zero attached hydrogens (tertiary/aromatic N) is 2. The number of fused-ring (bicyclic) bond motifs is 1. The van der Waals surface area contributed by atoms with Gasteiger partial charge in [-0.1, -0.05) is 12.1 Å². The molecule has 0 fully saturated rings. The summed E-state index contributed by atoms with van der Waals surface area (Å²) in [6, 6.07) is 10.7. The van der Waals surface area contributed by atoms with Crippen LogP contribution in [-0.2, 0) is 27.0 Å². The summed E-state index contributed by atoms with van der Waals surface area (Å²) in [6.45, 7) is 2.92. The minimum absolute atomic E-state index is 0.0538. The van der Waals surface area contributed by atoms with E-state index in [0.717, 1.165) is 55.3 Å². The highest BCUT2D eigenvalue weighted by Crippen LogP contribution is 2.32. The molecule has 0 aliphatic carbocycles. The number of unbranched alkanes of at least 4 members (excludes halogenated alkanes) is 2. The molecule has 2 aromatic carbocycles. The van der Waals surface area contributed by atoms with Crippen LogP contribution in [0.5, 0.6) is 5.75 Å². The smallest absolute Gasteiger partial charge is 0.416 e. The van der Waals surface area contributed by atoms with E-state index in [9.17, 15) is 18.0 Å². The van der Waals surface area contributed by atoms with Crippen molar-refractivity contribution in [1.29, 1.82) is 0 Å². The first-order valence-corrected chi connectivity index (χ1v) is 12.9. The van der Waals surface area contributed by atoms with E-state index in [-0.39, 0.29) is 5.91 Å². The van der Waals surface area contributed by atoms with Gasteiger partial charge in [-0.25, -0.2) is 4.98 Å². The van der Waals surface area contributed by atoms with E-state index in [0.29, 0.717) is 56.5 Å². The monoisotopic (exact) mass is 535 g/mol. The quantitative estimate of drug-likeness (QED) is 0.233. The molecule has 0 bridgehead atoms. The molecule has 1 aromatic heterocycles. The van der Waals surface area contributed by atoms with Gasteiger partial charge in [0.2, 0.25) is 5.91 Å². The summed E-state index contributed by atoms with van der Waals surface area (Å²) in [5.74, 6) is 1.35. The molecule has 3 rings (SSSR count). The number of hydrogen-bond acceptors (Lipinski definition) is 5. The molecule has 0 unspecified atom stereocenters. The molecule has 7 nitrogen and oxygen atoms in total. The number of nitrogens with one attached hydrogen (secondary N) is 1. The van der Waals surface area contributed by atoms with E-state index in [1.165, 1.54) is 12.1 Å². The van der Waals surface area contributed by atoms with Gasteiger partial charge in [0.05, 0.1) is 23.2 Å². The number of amides is 1. The van der Waals surface area contributed by atoms with Crippen LogP contribution in [0.25, 0.3) is 22.4 Å². The van der Waals surface area contributed by atoms with Gasteiger partial charge in [-0.2, -0.15) is 13.2 Å². The molecule has 1 heterocycles. The lowest BCUT2D eigenvalue weighted by molar-refractivity contribution is -0.137. The Balaban J connectivity index is 1.61. The number of carbonyl (C=O) groups is 1. The van der Waals surface area contributed by atoms with Crippen LogP contribution < -0.4 is 10.1 Å². The van der Waals surface area contributed by atoms with Crippen molar-refractivity contribution in [3.63, 3.8) is 0 Å². The number of aryl methyl sites for hydroxylation is 1. The second-order valence-electron chi connectivity index (χ2n) is 9.01. The van der Waals surface area contributed by atoms with E-state index in [1.54, 1.807) is 14.2 Å². The predicted molar refractivity (Wildman–Crippen MR) is 140 cm³/mol. The maximum Gasteiger partial charge on any atom is 0.416 e. The first-order valence-electron chi connectivity index (χ1n) is 12.9. The molecule has 0 aliphatic rings. The van der Waals surface area contributed by atoms with Crippen molar-refractivity contribution in [2.75, 3.05) is 40.6 Å². The maximum atomic E-state index is 13.0. The summed E-state index contributed by atoms with van der Waals surface area (Å²) in [5, 5.41) is 2.88. The molecular weight excluding hydrogens is 499 g/mol. The number of imidazole rings is 1. The van der Waals surface area contributed by atoms with Crippen LogP contribution in [0, 0.1) is 0 Å². The number of alkyl halides is 3. The number of ether oxygens (including phenoxy) is 3. The molecule has 0 saturated carbocycles. The highest BCUT2D eigenvalue weighted by Gasteiger charge is 2.30. The van der Waals surface area contributed by atoms with Gasteiger partial charge in [0.1, 0.15) is 11.6 Å². The second kappa shape index (κ2) is 14.7. The third-order valence-electron chi connectivity index (χ3n) is 6.08. The fourth-order valence-corrected chi connectivity index (χ4v) is 4.10. The van der Waals surface area contributed by atoms with Crippen molar-refractivity contribution < 1.29 is 32.2 Å². The van der Waals surface area contributed by atoms with Crippen molar-refractivity contribution in [2.45, 2.75) is 51.2 Å². The molecule has 0 aliphatic heterocycles. The first kappa shape index (κ1) is 29.4. The Hall–Kier alpha value is -3.11. The van der Waals surface area contributed by atoms with Crippen molar-refractivity contribution in [2.24, 2.45) is 0 Å². The summed E-state index contributed by atoms with van der Waals surface area (Å²) in [5.41, 5.74) is 1.50. The van der Waals surface area contributed by atoms with Gasteiger partial charge >= 0.3 is 6.18 Å². The van der Waals surface area contributed by atoms with Crippen molar-refractivity contribution in [3.05, 3.63) is 48.0 Å². The van der Waals surface area contributed by atoms with Gasteiger partial charge in [-0.3, -0.25) is 4.79 Å². The predicted octanol–water partition coefficient (Wildman–Crippen LogP) is 5.85. The van der Waals surface area contributed by atoms with Crippen LogP contribution in [0.1, 0.15) is 44.1 Å². The molecule has 10 heteroatoms. The van der Waals surface area contributed by atoms with Crippen LogP contribution in [-0.4, -0.2) is 56.0 Å². The van der Waals surface area contributed by atoms with E-state index in [1.807, 2.05) is 22.8 Å². The zero-order valence-corrected chi connectivity index (χ0v) is 22.0. The Bertz CT molecular complexity index is 1150. The lowest BCUT2D eigenvalue weighted by Gasteiger charge is -2.11. The Kier molecular flexibility index (Phi) is 11.4. The third-order valence-corrected chi connectivity index (χ3v) is 6.08. The SMILES string of the molecule is COCCCNC(=O)CCCCCOc1ccc2nc(-c3ccc(C(F)(F)F)cc3)n(CCCOC)c2c1.